The number of carbonyl (C=O) groups is 2. The van der Waals surface area contributed by atoms with Crippen molar-refractivity contribution < 1.29 is 37.4 Å². The minimum Gasteiger partial charge on any atom is -0.451 e. The summed E-state index contributed by atoms with van der Waals surface area (Å²) in [6, 6.07) is 12.5. The molecule has 2 fully saturated rings. The van der Waals surface area contributed by atoms with Crippen LogP contribution in [0, 0.1) is 5.92 Å². The number of nitrogens with zero attached hydrogens (tertiary/aromatic N) is 5. The highest BCUT2D eigenvalue weighted by Gasteiger charge is 2.62. The van der Waals surface area contributed by atoms with Crippen molar-refractivity contribution in [2.45, 2.75) is 50.3 Å². The fourth-order valence-corrected chi connectivity index (χ4v) is 5.78. The zero-order valence-corrected chi connectivity index (χ0v) is 24.7. The average Bonchev–Trinajstić information content (AvgIpc) is 3.67. The van der Waals surface area contributed by atoms with Gasteiger partial charge >= 0.3 is 18.1 Å². The minimum absolute atomic E-state index is 0.121. The molecule has 2 atom stereocenters. The van der Waals surface area contributed by atoms with Gasteiger partial charge < -0.3 is 29.6 Å². The van der Waals surface area contributed by atoms with Gasteiger partial charge in [0.05, 0.1) is 30.3 Å². The Kier molecular flexibility index (Phi) is 7.07. The van der Waals surface area contributed by atoms with Crippen LogP contribution in [0.4, 0.5) is 31.0 Å². The number of amides is 1. The van der Waals surface area contributed by atoms with E-state index in [-0.39, 0.29) is 35.7 Å². The van der Waals surface area contributed by atoms with Crippen molar-refractivity contribution in [3.05, 3.63) is 71.4 Å². The van der Waals surface area contributed by atoms with E-state index in [4.69, 9.17) is 13.9 Å². The number of aliphatic hydroxyl groups is 1. The molecule has 2 aliphatic heterocycles. The van der Waals surface area contributed by atoms with Gasteiger partial charge in [-0.05, 0) is 56.4 Å². The fraction of sp³-hybridized carbons (Fsp3) is 0.355. The predicted octanol–water partition coefficient (Wildman–Crippen LogP) is 5.05. The molecule has 2 aromatic carbocycles. The number of benzene rings is 2. The number of halogens is 2. The van der Waals surface area contributed by atoms with Crippen molar-refractivity contribution in [1.82, 2.24) is 25.1 Å². The van der Waals surface area contributed by atoms with Crippen molar-refractivity contribution in [2.75, 3.05) is 23.8 Å². The molecule has 46 heavy (non-hydrogen) atoms. The van der Waals surface area contributed by atoms with Gasteiger partial charge in [0.15, 0.2) is 0 Å². The van der Waals surface area contributed by atoms with Gasteiger partial charge in [-0.25, -0.2) is 23.4 Å². The number of rotatable bonds is 9. The van der Waals surface area contributed by atoms with Crippen LogP contribution in [0.5, 0.6) is 6.08 Å². The normalized spacial score (nSPS) is 19.9. The Hall–Kier alpha value is -5.18. The lowest BCUT2D eigenvalue weighted by Gasteiger charge is -2.46. The number of esters is 1. The van der Waals surface area contributed by atoms with Crippen LogP contribution in [0.1, 0.15) is 54.2 Å². The highest BCUT2D eigenvalue weighted by Crippen LogP contribution is 2.48. The highest BCUT2D eigenvalue weighted by atomic mass is 19.3. The van der Waals surface area contributed by atoms with Gasteiger partial charge in [-0.15, -0.1) is 5.10 Å². The van der Waals surface area contributed by atoms with Crippen LogP contribution in [0.25, 0.3) is 11.5 Å². The van der Waals surface area contributed by atoms with Crippen molar-refractivity contribution >= 4 is 29.5 Å². The van der Waals surface area contributed by atoms with Crippen LogP contribution in [-0.2, 0) is 10.3 Å². The standard InChI is InChI=1S/C31H29F2N7O6/c1-30(2)21-12-18(10-11-19(21)26(42)46-30)35-27-34-13-20(24(37-27)36-22(14-41)16-6-4-3-5-7-16)25-38-39-28(44-25)45-29(43)40-15-31(32,33)23(40)17-8-9-17/h3-7,10-13,17,22-23,41H,8-9,14-15H2,1-2H3,(H2,34,35,36,37). The van der Waals surface area contributed by atoms with E-state index < -0.39 is 48.3 Å². The zero-order valence-electron chi connectivity index (χ0n) is 24.7. The molecule has 4 heterocycles. The van der Waals surface area contributed by atoms with Crippen molar-refractivity contribution in [3.8, 4) is 17.5 Å². The summed E-state index contributed by atoms with van der Waals surface area (Å²) in [5.41, 5.74) is 1.96. The number of hydrogen-bond donors (Lipinski definition) is 3. The number of alkyl halides is 2. The number of fused-ring (bicyclic) bond motifs is 1. The molecule has 13 nitrogen and oxygen atoms in total. The number of hydrogen-bond acceptors (Lipinski definition) is 12. The van der Waals surface area contributed by atoms with E-state index in [0.29, 0.717) is 29.7 Å². The van der Waals surface area contributed by atoms with E-state index in [2.05, 4.69) is 30.8 Å². The largest absolute Gasteiger partial charge is 0.451 e. The molecule has 2 unspecified atom stereocenters. The molecular weight excluding hydrogens is 604 g/mol. The third-order valence-electron chi connectivity index (χ3n) is 8.24. The van der Waals surface area contributed by atoms with Crippen LogP contribution in [0.2, 0.25) is 0 Å². The third kappa shape index (κ3) is 5.46. The molecule has 0 bridgehead atoms. The number of carbonyl (C=O) groups excluding carboxylic acids is 2. The van der Waals surface area contributed by atoms with Gasteiger partial charge in [-0.1, -0.05) is 35.4 Å². The Morgan fingerprint density at radius 2 is 1.93 bits per heavy atom. The first-order valence-corrected chi connectivity index (χ1v) is 14.7. The highest BCUT2D eigenvalue weighted by molar-refractivity contribution is 5.95. The molecule has 0 spiro atoms. The van der Waals surface area contributed by atoms with E-state index in [1.54, 1.807) is 32.0 Å². The van der Waals surface area contributed by atoms with E-state index in [1.807, 2.05) is 30.3 Å². The fourth-order valence-electron chi connectivity index (χ4n) is 5.78. The lowest BCUT2D eigenvalue weighted by molar-refractivity contribution is -0.174. The second kappa shape index (κ2) is 11.0. The van der Waals surface area contributed by atoms with E-state index in [0.717, 1.165) is 10.5 Å². The lowest BCUT2D eigenvalue weighted by atomic mass is 9.94. The molecule has 1 amide bonds. The third-order valence-corrected chi connectivity index (χ3v) is 8.24. The summed E-state index contributed by atoms with van der Waals surface area (Å²) < 4.78 is 44.4. The maximum absolute atomic E-state index is 14.1. The zero-order chi connectivity index (χ0) is 32.2. The van der Waals surface area contributed by atoms with E-state index in [9.17, 15) is 23.5 Å². The first-order chi connectivity index (χ1) is 22.0. The molecule has 3 N–H and O–H groups in total. The van der Waals surface area contributed by atoms with Crippen LogP contribution in [0.15, 0.2) is 59.1 Å². The number of aromatic nitrogens is 4. The van der Waals surface area contributed by atoms with Crippen LogP contribution < -0.4 is 15.4 Å². The topological polar surface area (TPSA) is 165 Å². The molecule has 1 saturated carbocycles. The van der Waals surface area contributed by atoms with Gasteiger partial charge in [0.25, 0.3) is 11.8 Å². The first kappa shape index (κ1) is 29.5. The summed E-state index contributed by atoms with van der Waals surface area (Å²) in [6.07, 6.45) is 1.13. The number of aliphatic hydroxyl groups excluding tert-OH is 1. The Morgan fingerprint density at radius 1 is 1.15 bits per heavy atom. The Morgan fingerprint density at radius 3 is 2.65 bits per heavy atom. The number of cyclic esters (lactones) is 1. The number of ether oxygens (including phenoxy) is 2. The van der Waals surface area contributed by atoms with E-state index >= 15 is 0 Å². The van der Waals surface area contributed by atoms with Gasteiger partial charge in [0.1, 0.15) is 17.5 Å². The summed E-state index contributed by atoms with van der Waals surface area (Å²) in [5, 5.41) is 24.3. The molecule has 3 aliphatic rings. The Balaban J connectivity index is 1.16. The molecule has 4 aromatic rings. The maximum Gasteiger partial charge on any atom is 0.424 e. The summed E-state index contributed by atoms with van der Waals surface area (Å²) in [7, 11) is 0. The van der Waals surface area contributed by atoms with Crippen molar-refractivity contribution in [3.63, 3.8) is 0 Å². The second-order valence-corrected chi connectivity index (χ2v) is 11.9. The molecule has 2 aromatic heterocycles. The maximum atomic E-state index is 14.1. The monoisotopic (exact) mass is 633 g/mol. The lowest BCUT2D eigenvalue weighted by Crippen LogP contribution is -2.68. The quantitative estimate of drug-likeness (QED) is 0.210. The summed E-state index contributed by atoms with van der Waals surface area (Å²) in [4.78, 5) is 34.9. The first-order valence-electron chi connectivity index (χ1n) is 14.7. The number of nitrogens with one attached hydrogen (secondary N) is 2. The Bertz CT molecular complexity index is 1810. The van der Waals surface area contributed by atoms with Crippen LogP contribution >= 0.6 is 0 Å². The molecule has 1 aliphatic carbocycles. The molecule has 15 heteroatoms. The Labute approximate surface area is 261 Å². The number of anilines is 3. The van der Waals surface area contributed by atoms with Gasteiger partial charge in [-0.3, -0.25) is 4.90 Å². The smallest absolute Gasteiger partial charge is 0.424 e. The molecule has 1 saturated heterocycles. The SMILES string of the molecule is CC1(C)OC(=O)c2ccc(Nc3ncc(-c4nnc(OC(=O)N5CC(F)(F)C5C5CC5)o4)c(NC(CO)c4ccccc4)n3)cc21. The molecular formula is C31H29F2N7O6. The van der Waals surface area contributed by atoms with Crippen molar-refractivity contribution in [1.29, 1.82) is 0 Å². The van der Waals surface area contributed by atoms with Gasteiger partial charge in [0, 0.05) is 17.4 Å². The van der Waals surface area contributed by atoms with Crippen LogP contribution in [0.3, 0.4) is 0 Å². The molecule has 0 radical (unpaired) electrons. The minimum atomic E-state index is -2.96. The predicted molar refractivity (Wildman–Crippen MR) is 158 cm³/mol. The molecule has 7 rings (SSSR count). The van der Waals surface area contributed by atoms with Gasteiger partial charge in [-0.2, -0.15) is 4.98 Å². The average molecular weight is 634 g/mol. The second-order valence-electron chi connectivity index (χ2n) is 11.9. The van der Waals surface area contributed by atoms with E-state index in [1.165, 1.54) is 6.20 Å². The number of likely N-dealkylation sites (tertiary alicyclic amines) is 1. The van der Waals surface area contributed by atoms with Gasteiger partial charge in [0.2, 0.25) is 5.95 Å². The summed E-state index contributed by atoms with van der Waals surface area (Å²) in [5.74, 6) is -3.38. The summed E-state index contributed by atoms with van der Waals surface area (Å²) >= 11 is 0. The molecule has 238 valence electrons. The summed E-state index contributed by atoms with van der Waals surface area (Å²) in [6.45, 7) is 2.57. The van der Waals surface area contributed by atoms with Crippen molar-refractivity contribution in [2.24, 2.45) is 5.92 Å². The van der Waals surface area contributed by atoms with Crippen LogP contribution in [-0.4, -0.2) is 67.4 Å².